The predicted octanol–water partition coefficient (Wildman–Crippen LogP) is 9.55. The molecular formula is C40H84N4O2+2. The SMILES string of the molecule is CCCCCCCCCCCC(=O)NCCC[N+](C)(C)CCCCCC[N+](C)(C)CCCNC(=O)CCCCCCCCCCC. The Morgan fingerprint density at radius 2 is 0.630 bits per heavy atom. The second kappa shape index (κ2) is 31.1. The Hall–Kier alpha value is -1.14. The molecule has 274 valence electrons. The summed E-state index contributed by atoms with van der Waals surface area (Å²) in [6.07, 6.45) is 32.0. The molecule has 0 heterocycles. The number of quaternary nitrogens is 2. The van der Waals surface area contributed by atoms with Crippen LogP contribution < -0.4 is 10.6 Å². The van der Waals surface area contributed by atoms with Crippen molar-refractivity contribution in [1.29, 1.82) is 0 Å². The molecule has 46 heavy (non-hydrogen) atoms. The van der Waals surface area contributed by atoms with Crippen molar-refractivity contribution in [3.05, 3.63) is 0 Å². The molecule has 0 spiro atoms. The van der Waals surface area contributed by atoms with Gasteiger partial charge in [-0.1, -0.05) is 117 Å². The lowest BCUT2D eigenvalue weighted by atomic mass is 10.1. The van der Waals surface area contributed by atoms with E-state index in [9.17, 15) is 9.59 Å². The van der Waals surface area contributed by atoms with Crippen LogP contribution in [-0.2, 0) is 9.59 Å². The highest BCUT2D eigenvalue weighted by atomic mass is 16.2. The van der Waals surface area contributed by atoms with Gasteiger partial charge >= 0.3 is 0 Å². The number of nitrogens with zero attached hydrogens (tertiary/aromatic N) is 2. The summed E-state index contributed by atoms with van der Waals surface area (Å²) in [7, 11) is 9.33. The quantitative estimate of drug-likeness (QED) is 0.0529. The van der Waals surface area contributed by atoms with E-state index in [1.165, 1.54) is 142 Å². The van der Waals surface area contributed by atoms with Crippen molar-refractivity contribution in [3.63, 3.8) is 0 Å². The maximum absolute atomic E-state index is 12.2. The van der Waals surface area contributed by atoms with Gasteiger partial charge < -0.3 is 19.6 Å². The number of carbonyl (C=O) groups excluding carboxylic acids is 2. The molecule has 2 N–H and O–H groups in total. The molecule has 0 saturated carbocycles. The lowest BCUT2D eigenvalue weighted by molar-refractivity contribution is -0.891. The Bertz CT molecular complexity index is 637. The summed E-state index contributed by atoms with van der Waals surface area (Å²) >= 11 is 0. The fourth-order valence-corrected chi connectivity index (χ4v) is 6.50. The molecule has 0 aliphatic heterocycles. The van der Waals surface area contributed by atoms with Gasteiger partial charge in [0.1, 0.15) is 0 Å². The van der Waals surface area contributed by atoms with Crippen LogP contribution in [0, 0.1) is 0 Å². The molecule has 0 atom stereocenters. The molecule has 0 unspecified atom stereocenters. The largest absolute Gasteiger partial charge is 0.356 e. The Balaban J connectivity index is 3.66. The van der Waals surface area contributed by atoms with Gasteiger partial charge in [-0.05, 0) is 38.5 Å². The number of rotatable bonds is 35. The van der Waals surface area contributed by atoms with Gasteiger partial charge in [0.2, 0.25) is 11.8 Å². The zero-order valence-corrected chi connectivity index (χ0v) is 32.3. The fraction of sp³-hybridized carbons (Fsp3) is 0.950. The summed E-state index contributed by atoms with van der Waals surface area (Å²) in [5.41, 5.74) is 0. The third-order valence-corrected chi connectivity index (χ3v) is 9.82. The number of hydrogen-bond donors (Lipinski definition) is 2. The van der Waals surface area contributed by atoms with Crippen molar-refractivity contribution in [2.24, 2.45) is 0 Å². The summed E-state index contributed by atoms with van der Waals surface area (Å²) in [4.78, 5) is 24.3. The standard InChI is InChI=1S/C40H82N4O2/c1-7-9-11-13-15-17-19-21-25-31-39(45)41-33-29-37-43(3,4)35-27-23-24-28-36-44(5,6)38-30-34-42-40(46)32-26-22-20-18-16-14-12-10-8-2/h7-38H2,1-6H3/p+2. The van der Waals surface area contributed by atoms with Gasteiger partial charge in [-0.3, -0.25) is 9.59 Å². The Labute approximate surface area is 288 Å². The Kier molecular flexibility index (Phi) is 30.4. The molecule has 0 rings (SSSR count). The van der Waals surface area contributed by atoms with Crippen molar-refractivity contribution in [2.75, 3.05) is 67.5 Å². The number of amides is 2. The summed E-state index contributed by atoms with van der Waals surface area (Å²) < 4.78 is 2.08. The van der Waals surface area contributed by atoms with E-state index < -0.39 is 0 Å². The number of hydrogen-bond acceptors (Lipinski definition) is 2. The van der Waals surface area contributed by atoms with Crippen LogP contribution in [0.5, 0.6) is 0 Å². The summed E-state index contributed by atoms with van der Waals surface area (Å²) in [5.74, 6) is 0.479. The molecule has 0 fully saturated rings. The number of nitrogens with one attached hydrogen (secondary N) is 2. The van der Waals surface area contributed by atoms with E-state index >= 15 is 0 Å². The number of unbranched alkanes of at least 4 members (excludes halogenated alkanes) is 19. The molecule has 0 bridgehead atoms. The average Bonchev–Trinajstić information content (AvgIpc) is 3.01. The van der Waals surface area contributed by atoms with Crippen molar-refractivity contribution in [2.45, 2.75) is 181 Å². The minimum absolute atomic E-state index is 0.240. The molecular weight excluding hydrogens is 568 g/mol. The van der Waals surface area contributed by atoms with Crippen LogP contribution in [-0.4, -0.2) is 88.2 Å². The highest BCUT2D eigenvalue weighted by molar-refractivity contribution is 5.76. The third-order valence-electron chi connectivity index (χ3n) is 9.82. The first-order valence-electron chi connectivity index (χ1n) is 20.3. The summed E-state index contributed by atoms with van der Waals surface area (Å²) in [6, 6.07) is 0. The molecule has 0 saturated heterocycles. The lowest BCUT2D eigenvalue weighted by Crippen LogP contribution is -2.43. The van der Waals surface area contributed by atoms with Crippen LogP contribution in [0.4, 0.5) is 0 Å². The van der Waals surface area contributed by atoms with E-state index in [0.29, 0.717) is 12.8 Å². The monoisotopic (exact) mass is 653 g/mol. The molecule has 2 amide bonds. The van der Waals surface area contributed by atoms with E-state index in [-0.39, 0.29) is 11.8 Å². The first kappa shape index (κ1) is 44.9. The van der Waals surface area contributed by atoms with Gasteiger partial charge in [-0.25, -0.2) is 0 Å². The zero-order chi connectivity index (χ0) is 34.2. The van der Waals surface area contributed by atoms with Crippen molar-refractivity contribution < 1.29 is 18.6 Å². The molecule has 6 heteroatoms. The molecule has 0 radical (unpaired) electrons. The lowest BCUT2D eigenvalue weighted by Gasteiger charge is -2.31. The minimum atomic E-state index is 0.240. The van der Waals surface area contributed by atoms with E-state index in [0.717, 1.165) is 60.8 Å². The molecule has 0 aromatic carbocycles. The molecule has 6 nitrogen and oxygen atoms in total. The van der Waals surface area contributed by atoms with Crippen LogP contribution in [0.15, 0.2) is 0 Å². The molecule has 0 aromatic rings. The van der Waals surface area contributed by atoms with Crippen molar-refractivity contribution >= 4 is 11.8 Å². The van der Waals surface area contributed by atoms with Crippen LogP contribution in [0.25, 0.3) is 0 Å². The fourth-order valence-electron chi connectivity index (χ4n) is 6.50. The zero-order valence-electron chi connectivity index (χ0n) is 32.3. The molecule has 0 aliphatic rings. The van der Waals surface area contributed by atoms with Gasteiger partial charge in [0.15, 0.2) is 0 Å². The predicted molar refractivity (Wildman–Crippen MR) is 201 cm³/mol. The first-order valence-corrected chi connectivity index (χ1v) is 20.3. The van der Waals surface area contributed by atoms with Crippen LogP contribution in [0.3, 0.4) is 0 Å². The van der Waals surface area contributed by atoms with E-state index in [1.54, 1.807) is 0 Å². The Morgan fingerprint density at radius 1 is 0.370 bits per heavy atom. The topological polar surface area (TPSA) is 58.2 Å². The van der Waals surface area contributed by atoms with Gasteiger partial charge in [-0.2, -0.15) is 0 Å². The van der Waals surface area contributed by atoms with Crippen LogP contribution in [0.1, 0.15) is 181 Å². The van der Waals surface area contributed by atoms with E-state index in [1.807, 2.05) is 0 Å². The third kappa shape index (κ3) is 32.8. The number of carbonyl (C=O) groups is 2. The van der Waals surface area contributed by atoms with Crippen molar-refractivity contribution in [1.82, 2.24) is 10.6 Å². The molecule has 0 aliphatic carbocycles. The van der Waals surface area contributed by atoms with Gasteiger partial charge in [0.25, 0.3) is 0 Å². The smallest absolute Gasteiger partial charge is 0.219 e. The van der Waals surface area contributed by atoms with E-state index in [2.05, 4.69) is 52.7 Å². The highest BCUT2D eigenvalue weighted by Gasteiger charge is 2.16. The maximum Gasteiger partial charge on any atom is 0.219 e. The minimum Gasteiger partial charge on any atom is -0.356 e. The van der Waals surface area contributed by atoms with E-state index in [4.69, 9.17) is 0 Å². The summed E-state index contributed by atoms with van der Waals surface area (Å²) in [6.45, 7) is 10.8. The van der Waals surface area contributed by atoms with Gasteiger partial charge in [0.05, 0.1) is 54.4 Å². The first-order chi connectivity index (χ1) is 22.1. The average molecular weight is 653 g/mol. The highest BCUT2D eigenvalue weighted by Crippen LogP contribution is 2.13. The van der Waals surface area contributed by atoms with Gasteiger partial charge in [-0.15, -0.1) is 0 Å². The van der Waals surface area contributed by atoms with Crippen LogP contribution >= 0.6 is 0 Å². The van der Waals surface area contributed by atoms with Crippen LogP contribution in [0.2, 0.25) is 0 Å². The Morgan fingerprint density at radius 3 is 0.957 bits per heavy atom. The van der Waals surface area contributed by atoms with Crippen molar-refractivity contribution in [3.8, 4) is 0 Å². The normalized spacial score (nSPS) is 12.0. The molecule has 0 aromatic heterocycles. The second-order valence-electron chi connectivity index (χ2n) is 15.7. The maximum atomic E-state index is 12.2. The second-order valence-corrected chi connectivity index (χ2v) is 15.7. The van der Waals surface area contributed by atoms with Gasteiger partial charge in [0, 0.05) is 38.8 Å². The summed E-state index contributed by atoms with van der Waals surface area (Å²) in [5, 5.41) is 6.30.